The molecule has 1 fully saturated rings. The van der Waals surface area contributed by atoms with Gasteiger partial charge >= 0.3 is 0 Å². The van der Waals surface area contributed by atoms with E-state index in [0.29, 0.717) is 5.13 Å². The highest BCUT2D eigenvalue weighted by Gasteiger charge is 2.41. The van der Waals surface area contributed by atoms with Crippen LogP contribution in [-0.4, -0.2) is 35.7 Å². The molecule has 6 nitrogen and oxygen atoms in total. The lowest BCUT2D eigenvalue weighted by Gasteiger charge is -2.37. The number of methoxy groups -OCH3 is 1. The number of aryl methyl sites for hydroxylation is 1. The minimum absolute atomic E-state index is 0.00485. The van der Waals surface area contributed by atoms with Crippen LogP contribution in [0.15, 0.2) is 48.1 Å². The van der Waals surface area contributed by atoms with Gasteiger partial charge in [-0.3, -0.25) is 10.1 Å². The van der Waals surface area contributed by atoms with Crippen LogP contribution in [0.4, 0.5) is 5.13 Å². The second-order valence-corrected chi connectivity index (χ2v) is 8.86. The summed E-state index contributed by atoms with van der Waals surface area (Å²) in [6, 6.07) is 10.2. The van der Waals surface area contributed by atoms with Crippen LogP contribution in [0.25, 0.3) is 11.3 Å². The molecular formula is C24H30N4O2S. The molecule has 0 bridgehead atoms. The number of ether oxygens (including phenoxy) is 1. The molecule has 1 aliphatic heterocycles. The van der Waals surface area contributed by atoms with Crippen LogP contribution >= 0.6 is 11.3 Å². The van der Waals surface area contributed by atoms with Crippen molar-refractivity contribution in [2.45, 2.75) is 44.6 Å². The van der Waals surface area contributed by atoms with Crippen molar-refractivity contribution >= 4 is 22.4 Å². The number of carbonyl (C=O) groups excluding carboxylic acids is 1. The summed E-state index contributed by atoms with van der Waals surface area (Å²) in [4.78, 5) is 18.2. The van der Waals surface area contributed by atoms with E-state index >= 15 is 0 Å². The number of hydrogen-bond donors (Lipinski definition) is 2. The van der Waals surface area contributed by atoms with Crippen molar-refractivity contribution in [2.24, 2.45) is 0 Å². The van der Waals surface area contributed by atoms with Gasteiger partial charge in [-0.25, -0.2) is 4.98 Å². The van der Waals surface area contributed by atoms with Crippen LogP contribution in [-0.2, 0) is 16.8 Å². The average Bonchev–Trinajstić information content (AvgIpc) is 3.51. The summed E-state index contributed by atoms with van der Waals surface area (Å²) in [5, 5.41) is 9.06. The number of aromatic nitrogens is 2. The Labute approximate surface area is 187 Å². The highest BCUT2D eigenvalue weighted by atomic mass is 32.1. The zero-order valence-electron chi connectivity index (χ0n) is 18.2. The second kappa shape index (κ2) is 9.66. The maximum absolute atomic E-state index is 13.4. The molecule has 0 spiro atoms. The van der Waals surface area contributed by atoms with E-state index in [9.17, 15) is 4.79 Å². The van der Waals surface area contributed by atoms with Gasteiger partial charge in [-0.15, -0.1) is 11.3 Å². The third-order valence-electron chi connectivity index (χ3n) is 6.04. The minimum Gasteiger partial charge on any atom is -0.496 e. The topological polar surface area (TPSA) is 68.2 Å². The molecule has 164 valence electrons. The standard InChI is InChI=1S/C24H30N4O2S/c1-3-4-7-18-8-9-21(30-2)19(16-18)20-17-31-23(26-20)27-22(29)24(10-12-25-13-11-24)28-14-5-6-15-28/h5-6,8-9,14-17,25H,3-4,7,10-13H2,1-2H3,(H,26,27,29). The number of carbonyl (C=O) groups is 1. The molecule has 0 saturated carbocycles. The number of unbranched alkanes of at least 4 members (excludes halogenated alkanes) is 1. The first kappa shape index (κ1) is 21.6. The average molecular weight is 439 g/mol. The number of thiazole rings is 1. The number of nitrogens with zero attached hydrogens (tertiary/aromatic N) is 2. The van der Waals surface area contributed by atoms with Crippen molar-refractivity contribution in [3.05, 3.63) is 53.7 Å². The molecule has 0 unspecified atom stereocenters. The molecule has 0 aliphatic carbocycles. The van der Waals surface area contributed by atoms with Crippen LogP contribution in [0.5, 0.6) is 5.75 Å². The molecule has 1 saturated heterocycles. The van der Waals surface area contributed by atoms with Gasteiger partial charge in [0.2, 0.25) is 0 Å². The molecule has 31 heavy (non-hydrogen) atoms. The summed E-state index contributed by atoms with van der Waals surface area (Å²) in [6.07, 6.45) is 8.80. The van der Waals surface area contributed by atoms with Crippen LogP contribution in [0.3, 0.4) is 0 Å². The van der Waals surface area contributed by atoms with E-state index in [2.05, 4.69) is 29.7 Å². The van der Waals surface area contributed by atoms with Gasteiger partial charge in [0.15, 0.2) is 5.13 Å². The van der Waals surface area contributed by atoms with Crippen molar-refractivity contribution in [3.63, 3.8) is 0 Å². The zero-order chi connectivity index (χ0) is 21.7. The van der Waals surface area contributed by atoms with Crippen LogP contribution in [0.1, 0.15) is 38.2 Å². The quantitative estimate of drug-likeness (QED) is 0.536. The summed E-state index contributed by atoms with van der Waals surface area (Å²) in [6.45, 7) is 3.83. The number of nitrogens with one attached hydrogen (secondary N) is 2. The Kier molecular flexibility index (Phi) is 6.73. The van der Waals surface area contributed by atoms with E-state index in [-0.39, 0.29) is 5.91 Å². The van der Waals surface area contributed by atoms with Gasteiger partial charge in [-0.05, 0) is 68.6 Å². The Morgan fingerprint density at radius 3 is 2.77 bits per heavy atom. The Morgan fingerprint density at radius 2 is 2.06 bits per heavy atom. The van der Waals surface area contributed by atoms with Crippen molar-refractivity contribution in [1.29, 1.82) is 0 Å². The van der Waals surface area contributed by atoms with Crippen molar-refractivity contribution in [3.8, 4) is 17.0 Å². The summed E-state index contributed by atoms with van der Waals surface area (Å²) >= 11 is 1.45. The molecular weight excluding hydrogens is 408 g/mol. The number of rotatable bonds is 8. The van der Waals surface area contributed by atoms with Crippen molar-refractivity contribution in [2.75, 3.05) is 25.5 Å². The summed E-state index contributed by atoms with van der Waals surface area (Å²) in [5.74, 6) is 0.792. The normalized spacial score (nSPS) is 15.5. The van der Waals surface area contributed by atoms with Crippen LogP contribution < -0.4 is 15.4 Å². The third kappa shape index (κ3) is 4.52. The minimum atomic E-state index is -0.585. The Hall–Kier alpha value is -2.64. The zero-order valence-corrected chi connectivity index (χ0v) is 19.0. The molecule has 3 heterocycles. The number of amides is 1. The van der Waals surface area contributed by atoms with Gasteiger partial charge < -0.3 is 14.6 Å². The number of anilines is 1. The molecule has 3 aromatic rings. The molecule has 2 N–H and O–H groups in total. The van der Waals surface area contributed by atoms with E-state index in [1.807, 2.05) is 40.5 Å². The number of hydrogen-bond acceptors (Lipinski definition) is 5. The lowest BCUT2D eigenvalue weighted by molar-refractivity contribution is -0.125. The van der Waals surface area contributed by atoms with Gasteiger partial charge in [0.25, 0.3) is 5.91 Å². The predicted molar refractivity (Wildman–Crippen MR) is 126 cm³/mol. The predicted octanol–water partition coefficient (Wildman–Crippen LogP) is 4.68. The summed E-state index contributed by atoms with van der Waals surface area (Å²) in [7, 11) is 1.68. The van der Waals surface area contributed by atoms with Gasteiger partial charge in [-0.1, -0.05) is 19.4 Å². The first-order chi connectivity index (χ1) is 15.2. The summed E-state index contributed by atoms with van der Waals surface area (Å²) < 4.78 is 7.62. The molecule has 1 aliphatic rings. The number of piperidine rings is 1. The molecule has 0 radical (unpaired) electrons. The Morgan fingerprint density at radius 1 is 1.29 bits per heavy atom. The molecule has 0 atom stereocenters. The SMILES string of the molecule is CCCCc1ccc(OC)c(-c2csc(NC(=O)C3(n4cccc4)CCNCC3)n2)c1. The van der Waals surface area contributed by atoms with Crippen LogP contribution in [0, 0.1) is 0 Å². The van der Waals surface area contributed by atoms with Crippen molar-refractivity contribution in [1.82, 2.24) is 14.9 Å². The lowest BCUT2D eigenvalue weighted by Crippen LogP contribution is -2.51. The van der Waals surface area contributed by atoms with E-state index in [1.54, 1.807) is 7.11 Å². The number of benzene rings is 1. The van der Waals surface area contributed by atoms with E-state index < -0.39 is 5.54 Å². The highest BCUT2D eigenvalue weighted by molar-refractivity contribution is 7.14. The molecule has 2 aromatic heterocycles. The van der Waals surface area contributed by atoms with Gasteiger partial charge in [0.1, 0.15) is 11.3 Å². The highest BCUT2D eigenvalue weighted by Crippen LogP contribution is 2.35. The first-order valence-corrected chi connectivity index (χ1v) is 11.8. The van der Waals surface area contributed by atoms with Crippen molar-refractivity contribution < 1.29 is 9.53 Å². The van der Waals surface area contributed by atoms with E-state index in [1.165, 1.54) is 16.9 Å². The maximum Gasteiger partial charge on any atom is 0.252 e. The first-order valence-electron chi connectivity index (χ1n) is 10.9. The Balaban J connectivity index is 1.57. The van der Waals surface area contributed by atoms with Gasteiger partial charge in [-0.2, -0.15) is 0 Å². The Bertz CT molecular complexity index is 1010. The molecule has 4 rings (SSSR count). The smallest absolute Gasteiger partial charge is 0.252 e. The molecule has 7 heteroatoms. The maximum atomic E-state index is 13.4. The fraction of sp³-hybridized carbons (Fsp3) is 0.417. The fourth-order valence-electron chi connectivity index (χ4n) is 4.22. The second-order valence-electron chi connectivity index (χ2n) is 8.00. The molecule has 1 amide bonds. The van der Waals surface area contributed by atoms with E-state index in [0.717, 1.165) is 62.2 Å². The van der Waals surface area contributed by atoms with E-state index in [4.69, 9.17) is 9.72 Å². The van der Waals surface area contributed by atoms with Gasteiger partial charge in [0.05, 0.1) is 12.8 Å². The van der Waals surface area contributed by atoms with Crippen LogP contribution in [0.2, 0.25) is 0 Å². The van der Waals surface area contributed by atoms with Gasteiger partial charge in [0, 0.05) is 23.3 Å². The lowest BCUT2D eigenvalue weighted by atomic mass is 9.87. The largest absolute Gasteiger partial charge is 0.496 e. The third-order valence-corrected chi connectivity index (χ3v) is 6.79. The summed E-state index contributed by atoms with van der Waals surface area (Å²) in [5.41, 5.74) is 2.49. The monoisotopic (exact) mass is 438 g/mol. The molecule has 1 aromatic carbocycles. The fourth-order valence-corrected chi connectivity index (χ4v) is 4.93.